The third-order valence-electron chi connectivity index (χ3n) is 4.56. The maximum Gasteiger partial charge on any atom is 0.327 e. The summed E-state index contributed by atoms with van der Waals surface area (Å²) in [5.74, 6) is -1.50. The number of esters is 1. The first-order valence-electron chi connectivity index (χ1n) is 8.94. The van der Waals surface area contributed by atoms with Crippen LogP contribution in [0.5, 0.6) is 0 Å². The first-order chi connectivity index (χ1) is 12.8. The molecule has 1 saturated carbocycles. The molecule has 3 rings (SSSR count). The van der Waals surface area contributed by atoms with E-state index < -0.39 is 35.1 Å². The van der Waals surface area contributed by atoms with Crippen LogP contribution >= 0.6 is 0 Å². The van der Waals surface area contributed by atoms with Gasteiger partial charge >= 0.3 is 5.97 Å². The molecular formula is C18H22N2O6S. The molecule has 0 saturated heterocycles. The summed E-state index contributed by atoms with van der Waals surface area (Å²) in [6.45, 7) is 1.99. The molecular weight excluding hydrogens is 372 g/mol. The van der Waals surface area contributed by atoms with Crippen molar-refractivity contribution in [2.24, 2.45) is 5.92 Å². The quantitative estimate of drug-likeness (QED) is 0.610. The molecule has 2 amide bonds. The van der Waals surface area contributed by atoms with E-state index in [4.69, 9.17) is 4.74 Å². The molecule has 0 aromatic heterocycles. The molecule has 27 heavy (non-hydrogen) atoms. The van der Waals surface area contributed by atoms with Crippen LogP contribution in [0.25, 0.3) is 0 Å². The molecule has 1 heterocycles. The Labute approximate surface area is 158 Å². The fourth-order valence-corrected chi connectivity index (χ4v) is 4.50. The molecule has 0 spiro atoms. The first kappa shape index (κ1) is 19.3. The van der Waals surface area contributed by atoms with Crippen LogP contribution in [0.2, 0.25) is 0 Å². The standard InChI is InChI=1S/C18H22N2O6S/c1-2-9-19(10-13-7-8-13)16(21)12-26-17(22)11-20-18(23)14-5-3-4-6-15(14)27(20,24)25/h3-6,13H,2,7-12H2,1H3. The van der Waals surface area contributed by atoms with Crippen LogP contribution in [-0.2, 0) is 24.3 Å². The summed E-state index contributed by atoms with van der Waals surface area (Å²) in [6.07, 6.45) is 3.00. The summed E-state index contributed by atoms with van der Waals surface area (Å²) >= 11 is 0. The number of fused-ring (bicyclic) bond motifs is 1. The highest BCUT2D eigenvalue weighted by Gasteiger charge is 2.42. The largest absolute Gasteiger partial charge is 0.454 e. The molecule has 9 heteroatoms. The number of sulfonamides is 1. The zero-order valence-electron chi connectivity index (χ0n) is 15.1. The summed E-state index contributed by atoms with van der Waals surface area (Å²) < 4.78 is 30.3. The van der Waals surface area contributed by atoms with Gasteiger partial charge in [-0.2, -0.15) is 0 Å². The minimum Gasteiger partial charge on any atom is -0.454 e. The topological polar surface area (TPSA) is 101 Å². The zero-order chi connectivity index (χ0) is 19.6. The smallest absolute Gasteiger partial charge is 0.327 e. The lowest BCUT2D eigenvalue weighted by Crippen LogP contribution is -2.39. The summed E-state index contributed by atoms with van der Waals surface area (Å²) in [7, 11) is -4.07. The van der Waals surface area contributed by atoms with Crippen molar-refractivity contribution in [1.82, 2.24) is 9.21 Å². The molecule has 0 radical (unpaired) electrons. The van der Waals surface area contributed by atoms with Gasteiger partial charge in [-0.3, -0.25) is 14.4 Å². The highest BCUT2D eigenvalue weighted by molar-refractivity contribution is 7.90. The van der Waals surface area contributed by atoms with Crippen LogP contribution in [-0.4, -0.2) is 61.6 Å². The van der Waals surface area contributed by atoms with Crippen molar-refractivity contribution >= 4 is 27.8 Å². The molecule has 0 bridgehead atoms. The predicted octanol–water partition coefficient (Wildman–Crippen LogP) is 1.02. The molecule has 1 fully saturated rings. The van der Waals surface area contributed by atoms with Crippen molar-refractivity contribution in [3.05, 3.63) is 29.8 Å². The van der Waals surface area contributed by atoms with E-state index in [1.807, 2.05) is 6.92 Å². The minimum atomic E-state index is -4.07. The van der Waals surface area contributed by atoms with Gasteiger partial charge in [0.05, 0.1) is 5.56 Å². The summed E-state index contributed by atoms with van der Waals surface area (Å²) in [5, 5.41) is 0. The van der Waals surface area contributed by atoms with Crippen molar-refractivity contribution < 1.29 is 27.5 Å². The van der Waals surface area contributed by atoms with Crippen molar-refractivity contribution in [1.29, 1.82) is 0 Å². The lowest BCUT2D eigenvalue weighted by Gasteiger charge is -2.22. The Balaban J connectivity index is 1.58. The van der Waals surface area contributed by atoms with Crippen molar-refractivity contribution in [3.8, 4) is 0 Å². The monoisotopic (exact) mass is 394 g/mol. The van der Waals surface area contributed by atoms with Gasteiger partial charge in [-0.25, -0.2) is 12.7 Å². The Kier molecular flexibility index (Phi) is 5.50. The molecule has 1 aromatic carbocycles. The summed E-state index contributed by atoms with van der Waals surface area (Å²) in [6, 6.07) is 5.77. The number of nitrogens with zero attached hydrogens (tertiary/aromatic N) is 2. The molecule has 1 aliphatic heterocycles. The van der Waals surface area contributed by atoms with E-state index in [1.165, 1.54) is 18.2 Å². The number of amides is 2. The van der Waals surface area contributed by atoms with Gasteiger partial charge < -0.3 is 9.64 Å². The van der Waals surface area contributed by atoms with Gasteiger partial charge in [-0.15, -0.1) is 0 Å². The van der Waals surface area contributed by atoms with Crippen LogP contribution in [0.4, 0.5) is 0 Å². The van der Waals surface area contributed by atoms with Crippen molar-refractivity contribution in [2.75, 3.05) is 26.2 Å². The van der Waals surface area contributed by atoms with Gasteiger partial charge in [-0.1, -0.05) is 19.1 Å². The predicted molar refractivity (Wildman–Crippen MR) is 95.2 cm³/mol. The van der Waals surface area contributed by atoms with E-state index in [9.17, 15) is 22.8 Å². The Morgan fingerprint density at radius 1 is 1.26 bits per heavy atom. The second-order valence-corrected chi connectivity index (χ2v) is 8.59. The molecule has 146 valence electrons. The number of carbonyl (C=O) groups excluding carboxylic acids is 3. The van der Waals surface area contributed by atoms with E-state index in [1.54, 1.807) is 11.0 Å². The molecule has 1 aromatic rings. The average Bonchev–Trinajstić information content (AvgIpc) is 3.44. The molecule has 2 aliphatic rings. The lowest BCUT2D eigenvalue weighted by atomic mass is 10.2. The number of ether oxygens (including phenoxy) is 1. The molecule has 0 N–H and O–H groups in total. The number of carbonyl (C=O) groups is 3. The Morgan fingerprint density at radius 2 is 1.96 bits per heavy atom. The maximum absolute atomic E-state index is 12.4. The minimum absolute atomic E-state index is 0.0277. The van der Waals surface area contributed by atoms with Crippen LogP contribution < -0.4 is 0 Å². The number of hydrogen-bond acceptors (Lipinski definition) is 6. The first-order valence-corrected chi connectivity index (χ1v) is 10.4. The fourth-order valence-electron chi connectivity index (χ4n) is 2.98. The normalized spacial score (nSPS) is 17.5. The lowest BCUT2D eigenvalue weighted by molar-refractivity contribution is -0.152. The second-order valence-electron chi connectivity index (χ2n) is 6.76. The SMILES string of the molecule is CCCN(CC1CC1)C(=O)COC(=O)CN1C(=O)c2ccccc2S1(=O)=O. The molecule has 8 nitrogen and oxygen atoms in total. The highest BCUT2D eigenvalue weighted by atomic mass is 32.2. The van der Waals surface area contributed by atoms with E-state index in [2.05, 4.69) is 0 Å². The Hall–Kier alpha value is -2.42. The Bertz CT molecular complexity index is 862. The average molecular weight is 394 g/mol. The van der Waals surface area contributed by atoms with Crippen molar-refractivity contribution in [3.63, 3.8) is 0 Å². The number of hydrogen-bond donors (Lipinski definition) is 0. The van der Waals surface area contributed by atoms with Gasteiger partial charge in [0.15, 0.2) is 6.61 Å². The molecule has 0 atom stereocenters. The van der Waals surface area contributed by atoms with Crippen molar-refractivity contribution in [2.45, 2.75) is 31.1 Å². The Morgan fingerprint density at radius 3 is 2.59 bits per heavy atom. The van der Waals surface area contributed by atoms with Gasteiger partial charge in [-0.05, 0) is 37.3 Å². The van der Waals surface area contributed by atoms with E-state index in [0.717, 1.165) is 19.3 Å². The highest BCUT2D eigenvalue weighted by Crippen LogP contribution is 2.30. The van der Waals surface area contributed by atoms with E-state index in [0.29, 0.717) is 23.3 Å². The van der Waals surface area contributed by atoms with E-state index >= 15 is 0 Å². The van der Waals surface area contributed by atoms with Gasteiger partial charge in [0.25, 0.3) is 21.8 Å². The van der Waals surface area contributed by atoms with Crippen LogP contribution in [0.15, 0.2) is 29.2 Å². The molecule has 1 aliphatic carbocycles. The second kappa shape index (κ2) is 7.67. The summed E-state index contributed by atoms with van der Waals surface area (Å²) in [5.41, 5.74) is 0.0277. The third-order valence-corrected chi connectivity index (χ3v) is 6.35. The van der Waals surface area contributed by atoms with Gasteiger partial charge in [0, 0.05) is 13.1 Å². The van der Waals surface area contributed by atoms with E-state index in [-0.39, 0.29) is 16.4 Å². The summed E-state index contributed by atoms with van der Waals surface area (Å²) in [4.78, 5) is 38.1. The fraction of sp³-hybridized carbons (Fsp3) is 0.500. The third kappa shape index (κ3) is 4.13. The van der Waals surface area contributed by atoms with Crippen LogP contribution in [0.1, 0.15) is 36.5 Å². The molecule has 0 unspecified atom stereocenters. The maximum atomic E-state index is 12.4. The zero-order valence-corrected chi connectivity index (χ0v) is 15.9. The number of benzene rings is 1. The number of rotatable bonds is 8. The van der Waals surface area contributed by atoms with Crippen LogP contribution in [0.3, 0.4) is 0 Å². The van der Waals surface area contributed by atoms with Crippen LogP contribution in [0, 0.1) is 5.92 Å². The van der Waals surface area contributed by atoms with Gasteiger partial charge in [0.1, 0.15) is 11.4 Å². The van der Waals surface area contributed by atoms with Gasteiger partial charge in [0.2, 0.25) is 0 Å².